The first-order valence-electron chi connectivity index (χ1n) is 7.15. The highest BCUT2D eigenvalue weighted by Gasteiger charge is 2.43. The summed E-state index contributed by atoms with van der Waals surface area (Å²) in [6.45, 7) is 8.53. The van der Waals surface area contributed by atoms with Crippen LogP contribution in [0.2, 0.25) is 0 Å². The minimum atomic E-state index is -0.245. The summed E-state index contributed by atoms with van der Waals surface area (Å²) in [6.07, 6.45) is 5.49. The maximum absolute atomic E-state index is 12.8. The Bertz CT molecular complexity index is 284. The molecule has 0 aromatic rings. The topological polar surface area (TPSA) is 32.3 Å². The van der Waals surface area contributed by atoms with Crippen LogP contribution in [0.25, 0.3) is 0 Å². The number of carbonyl (C=O) groups is 1. The molecule has 2 aliphatic rings. The highest BCUT2D eigenvalue weighted by molar-refractivity contribution is 5.87. The normalized spacial score (nSPS) is 38.4. The molecule has 17 heavy (non-hydrogen) atoms. The molecule has 0 spiro atoms. The standard InChI is InChI=1S/C14H26N2O/c1-4-14(8-5-9-15-14)13(17)16-10-11(2)6-7-12(16)3/h11-12,15H,4-10H2,1-3H3. The smallest absolute Gasteiger partial charge is 0.243 e. The summed E-state index contributed by atoms with van der Waals surface area (Å²) in [4.78, 5) is 14.9. The number of hydrogen-bond donors (Lipinski definition) is 1. The van der Waals surface area contributed by atoms with Crippen molar-refractivity contribution in [3.8, 4) is 0 Å². The second-order valence-electron chi connectivity index (χ2n) is 5.96. The molecule has 0 aliphatic carbocycles. The van der Waals surface area contributed by atoms with Crippen LogP contribution in [0.3, 0.4) is 0 Å². The van der Waals surface area contributed by atoms with E-state index in [1.807, 2.05) is 0 Å². The van der Waals surface area contributed by atoms with Crippen molar-refractivity contribution in [1.29, 1.82) is 0 Å². The fraction of sp³-hybridized carbons (Fsp3) is 0.929. The van der Waals surface area contributed by atoms with Crippen LogP contribution in [-0.4, -0.2) is 35.5 Å². The lowest BCUT2D eigenvalue weighted by atomic mass is 9.88. The lowest BCUT2D eigenvalue weighted by Crippen LogP contribution is -2.58. The average Bonchev–Trinajstić information content (AvgIpc) is 2.81. The molecule has 0 aromatic carbocycles. The third-order valence-electron chi connectivity index (χ3n) is 4.64. The summed E-state index contributed by atoms with van der Waals surface area (Å²) in [5.41, 5.74) is -0.245. The Kier molecular flexibility index (Phi) is 3.76. The second-order valence-corrected chi connectivity index (χ2v) is 5.96. The number of piperidine rings is 1. The minimum Gasteiger partial charge on any atom is -0.338 e. The van der Waals surface area contributed by atoms with E-state index in [-0.39, 0.29) is 5.54 Å². The number of amides is 1. The monoisotopic (exact) mass is 238 g/mol. The summed E-state index contributed by atoms with van der Waals surface area (Å²) in [6, 6.07) is 0.421. The SMILES string of the molecule is CCC1(C(=O)N2CC(C)CCC2C)CCCN1. The number of nitrogens with one attached hydrogen (secondary N) is 1. The Hall–Kier alpha value is -0.570. The molecule has 1 N–H and O–H groups in total. The molecular formula is C14H26N2O. The maximum atomic E-state index is 12.8. The van der Waals surface area contributed by atoms with Crippen LogP contribution in [0.1, 0.15) is 52.9 Å². The Labute approximate surface area is 105 Å². The van der Waals surface area contributed by atoms with E-state index in [4.69, 9.17) is 0 Å². The van der Waals surface area contributed by atoms with Gasteiger partial charge in [-0.1, -0.05) is 13.8 Å². The van der Waals surface area contributed by atoms with Crippen molar-refractivity contribution in [1.82, 2.24) is 10.2 Å². The molecule has 0 saturated carbocycles. The summed E-state index contributed by atoms with van der Waals surface area (Å²) in [5.74, 6) is 1.02. The van der Waals surface area contributed by atoms with Gasteiger partial charge in [0.2, 0.25) is 5.91 Å². The predicted octanol–water partition coefficient (Wildman–Crippen LogP) is 2.17. The van der Waals surface area contributed by atoms with E-state index in [2.05, 4.69) is 31.0 Å². The van der Waals surface area contributed by atoms with Crippen molar-refractivity contribution in [3.63, 3.8) is 0 Å². The van der Waals surface area contributed by atoms with Gasteiger partial charge in [0, 0.05) is 12.6 Å². The lowest BCUT2D eigenvalue weighted by molar-refractivity contribution is -0.142. The molecule has 3 heteroatoms. The van der Waals surface area contributed by atoms with Crippen molar-refractivity contribution in [2.45, 2.75) is 64.5 Å². The van der Waals surface area contributed by atoms with Crippen molar-refractivity contribution in [2.24, 2.45) is 5.92 Å². The van der Waals surface area contributed by atoms with E-state index in [9.17, 15) is 4.79 Å². The highest BCUT2D eigenvalue weighted by atomic mass is 16.2. The summed E-state index contributed by atoms with van der Waals surface area (Å²) in [5, 5.41) is 3.46. The third kappa shape index (κ3) is 2.35. The van der Waals surface area contributed by atoms with Gasteiger partial charge in [0.15, 0.2) is 0 Å². The van der Waals surface area contributed by atoms with Gasteiger partial charge in [-0.05, 0) is 51.5 Å². The highest BCUT2D eigenvalue weighted by Crippen LogP contribution is 2.30. The van der Waals surface area contributed by atoms with Gasteiger partial charge in [-0.15, -0.1) is 0 Å². The molecule has 2 fully saturated rings. The number of nitrogens with zero attached hydrogens (tertiary/aromatic N) is 1. The Morgan fingerprint density at radius 1 is 1.41 bits per heavy atom. The zero-order valence-electron chi connectivity index (χ0n) is 11.5. The van der Waals surface area contributed by atoms with Gasteiger partial charge in [0.25, 0.3) is 0 Å². The zero-order valence-corrected chi connectivity index (χ0v) is 11.5. The van der Waals surface area contributed by atoms with Crippen LogP contribution in [0, 0.1) is 5.92 Å². The van der Waals surface area contributed by atoms with E-state index in [1.54, 1.807) is 0 Å². The molecule has 0 aromatic heterocycles. The summed E-state index contributed by atoms with van der Waals surface area (Å²) in [7, 11) is 0. The fourth-order valence-corrected chi connectivity index (χ4v) is 3.29. The Morgan fingerprint density at radius 3 is 2.76 bits per heavy atom. The molecule has 2 heterocycles. The molecular weight excluding hydrogens is 212 g/mol. The molecule has 2 aliphatic heterocycles. The van der Waals surface area contributed by atoms with Gasteiger partial charge in [0.1, 0.15) is 0 Å². The first-order valence-corrected chi connectivity index (χ1v) is 7.15. The first-order chi connectivity index (χ1) is 8.09. The van der Waals surface area contributed by atoms with Crippen molar-refractivity contribution < 1.29 is 4.79 Å². The number of carbonyl (C=O) groups excluding carboxylic acids is 1. The van der Waals surface area contributed by atoms with Gasteiger partial charge in [-0.3, -0.25) is 4.79 Å². The van der Waals surface area contributed by atoms with E-state index in [1.165, 1.54) is 6.42 Å². The number of rotatable bonds is 2. The molecule has 0 bridgehead atoms. The van der Waals surface area contributed by atoms with E-state index in [0.717, 1.165) is 38.8 Å². The molecule has 98 valence electrons. The number of hydrogen-bond acceptors (Lipinski definition) is 2. The van der Waals surface area contributed by atoms with Crippen molar-refractivity contribution in [2.75, 3.05) is 13.1 Å². The van der Waals surface area contributed by atoms with Crippen LogP contribution in [0.5, 0.6) is 0 Å². The van der Waals surface area contributed by atoms with Crippen LogP contribution >= 0.6 is 0 Å². The molecule has 2 saturated heterocycles. The van der Waals surface area contributed by atoms with Gasteiger partial charge >= 0.3 is 0 Å². The van der Waals surface area contributed by atoms with Crippen molar-refractivity contribution in [3.05, 3.63) is 0 Å². The van der Waals surface area contributed by atoms with Gasteiger partial charge < -0.3 is 10.2 Å². The van der Waals surface area contributed by atoms with Gasteiger partial charge in [-0.25, -0.2) is 0 Å². The predicted molar refractivity (Wildman–Crippen MR) is 69.8 cm³/mol. The van der Waals surface area contributed by atoms with Crippen LogP contribution < -0.4 is 5.32 Å². The zero-order chi connectivity index (χ0) is 12.5. The molecule has 3 unspecified atom stereocenters. The molecule has 3 nitrogen and oxygen atoms in total. The lowest BCUT2D eigenvalue weighted by Gasteiger charge is -2.42. The molecule has 3 atom stereocenters. The van der Waals surface area contributed by atoms with Gasteiger partial charge in [-0.2, -0.15) is 0 Å². The average molecular weight is 238 g/mol. The van der Waals surface area contributed by atoms with Gasteiger partial charge in [0.05, 0.1) is 5.54 Å². The van der Waals surface area contributed by atoms with Crippen LogP contribution in [0.4, 0.5) is 0 Å². The largest absolute Gasteiger partial charge is 0.338 e. The Balaban J connectivity index is 2.12. The fourth-order valence-electron chi connectivity index (χ4n) is 3.29. The quantitative estimate of drug-likeness (QED) is 0.799. The molecule has 1 amide bonds. The van der Waals surface area contributed by atoms with Crippen LogP contribution in [-0.2, 0) is 4.79 Å². The Morgan fingerprint density at radius 2 is 2.18 bits per heavy atom. The minimum absolute atomic E-state index is 0.245. The van der Waals surface area contributed by atoms with Crippen LogP contribution in [0.15, 0.2) is 0 Å². The summed E-state index contributed by atoms with van der Waals surface area (Å²) >= 11 is 0. The summed E-state index contributed by atoms with van der Waals surface area (Å²) < 4.78 is 0. The number of likely N-dealkylation sites (tertiary alicyclic amines) is 1. The van der Waals surface area contributed by atoms with Crippen molar-refractivity contribution >= 4 is 5.91 Å². The second kappa shape index (κ2) is 4.97. The first kappa shape index (κ1) is 12.9. The molecule has 0 radical (unpaired) electrons. The van der Waals surface area contributed by atoms with E-state index < -0.39 is 0 Å². The van der Waals surface area contributed by atoms with E-state index in [0.29, 0.717) is 17.9 Å². The third-order valence-corrected chi connectivity index (χ3v) is 4.64. The maximum Gasteiger partial charge on any atom is 0.243 e. The van der Waals surface area contributed by atoms with E-state index >= 15 is 0 Å². The molecule has 2 rings (SSSR count).